The Morgan fingerprint density at radius 1 is 1.18 bits per heavy atom. The average Bonchev–Trinajstić information content (AvgIpc) is 3.12. The second-order valence-electron chi connectivity index (χ2n) is 7.22. The Morgan fingerprint density at radius 3 is 2.68 bits per heavy atom. The molecule has 0 bridgehead atoms. The molecule has 1 aliphatic heterocycles. The van der Waals surface area contributed by atoms with Gasteiger partial charge in [-0.1, -0.05) is 54.1 Å². The van der Waals surface area contributed by atoms with Crippen LogP contribution in [0, 0.1) is 6.92 Å². The lowest BCUT2D eigenvalue weighted by Crippen LogP contribution is -2.37. The van der Waals surface area contributed by atoms with Crippen molar-refractivity contribution in [2.45, 2.75) is 18.9 Å². The van der Waals surface area contributed by atoms with Crippen molar-refractivity contribution in [1.82, 2.24) is 14.9 Å². The number of H-pyrrole nitrogens is 1. The molecule has 2 N–H and O–H groups in total. The number of nitrogens with zero attached hydrogens (tertiary/aromatic N) is 2. The van der Waals surface area contributed by atoms with Crippen LogP contribution in [0.1, 0.15) is 27.9 Å². The van der Waals surface area contributed by atoms with Crippen molar-refractivity contribution in [3.63, 3.8) is 0 Å². The highest BCUT2D eigenvalue weighted by atomic mass is 16.3. The van der Waals surface area contributed by atoms with Crippen LogP contribution in [0.2, 0.25) is 0 Å². The Labute approximate surface area is 162 Å². The maximum absolute atomic E-state index is 12.8. The number of rotatable bonds is 3. The third-order valence-electron chi connectivity index (χ3n) is 5.17. The zero-order valence-corrected chi connectivity index (χ0v) is 15.6. The molecule has 4 rings (SSSR count). The Bertz CT molecular complexity index is 1080. The molecule has 1 fully saturated rings. The van der Waals surface area contributed by atoms with Crippen molar-refractivity contribution in [3.8, 4) is 11.4 Å². The number of aromatic nitrogens is 2. The molecule has 1 atom stereocenters. The lowest BCUT2D eigenvalue weighted by atomic mass is 9.93. The molecular weight excluding hydrogens is 354 g/mol. The van der Waals surface area contributed by atoms with E-state index in [2.05, 4.69) is 9.97 Å². The summed E-state index contributed by atoms with van der Waals surface area (Å²) in [6, 6.07) is 16.9. The van der Waals surface area contributed by atoms with Gasteiger partial charge in [-0.3, -0.25) is 9.59 Å². The van der Waals surface area contributed by atoms with Crippen molar-refractivity contribution in [1.29, 1.82) is 0 Å². The van der Waals surface area contributed by atoms with Gasteiger partial charge in [0.15, 0.2) is 0 Å². The molecule has 1 aliphatic rings. The number of amides is 1. The van der Waals surface area contributed by atoms with Gasteiger partial charge in [-0.25, -0.2) is 4.98 Å². The Kier molecular flexibility index (Phi) is 4.57. The fourth-order valence-corrected chi connectivity index (χ4v) is 3.61. The molecule has 142 valence electrons. The van der Waals surface area contributed by atoms with Crippen molar-refractivity contribution in [3.05, 3.63) is 87.8 Å². The summed E-state index contributed by atoms with van der Waals surface area (Å²) in [4.78, 5) is 33.8. The first-order valence-electron chi connectivity index (χ1n) is 9.20. The number of aryl methyl sites for hydroxylation is 1. The summed E-state index contributed by atoms with van der Waals surface area (Å²) in [6.07, 6.45) is 1.74. The number of nitrogens with one attached hydrogen (secondary N) is 1. The van der Waals surface area contributed by atoms with Crippen molar-refractivity contribution in [2.75, 3.05) is 13.1 Å². The molecule has 6 heteroatoms. The second kappa shape index (κ2) is 7.05. The van der Waals surface area contributed by atoms with Gasteiger partial charge in [-0.05, 0) is 25.0 Å². The number of carbonyl (C=O) groups excluding carboxylic acids is 1. The fraction of sp³-hybridized carbons (Fsp3) is 0.227. The molecule has 6 nitrogen and oxygen atoms in total. The Hall–Kier alpha value is -3.25. The van der Waals surface area contributed by atoms with Crippen LogP contribution in [0.5, 0.6) is 0 Å². The summed E-state index contributed by atoms with van der Waals surface area (Å²) in [5.74, 6) is 0.00357. The standard InChI is InChI=1S/C22H21N3O3/c1-15-6-5-7-16(12-15)19-23-13-18(20(26)24-19)21(27)25-11-10-22(28,14-25)17-8-3-2-4-9-17/h2-9,12-13,28H,10-11,14H2,1H3,(H,23,24,26)/t22-/m0/s1. The smallest absolute Gasteiger partial charge is 0.264 e. The summed E-state index contributed by atoms with van der Waals surface area (Å²) in [5, 5.41) is 10.9. The van der Waals surface area contributed by atoms with Crippen LogP contribution >= 0.6 is 0 Å². The summed E-state index contributed by atoms with van der Waals surface area (Å²) in [6.45, 7) is 2.49. The predicted octanol–water partition coefficient (Wildman–Crippen LogP) is 2.48. The monoisotopic (exact) mass is 375 g/mol. The van der Waals surface area contributed by atoms with Crippen LogP contribution < -0.4 is 5.56 Å². The SMILES string of the molecule is Cc1cccc(-c2ncc(C(=O)N3CC[C@@](O)(c4ccccc4)C3)c(=O)[nH]2)c1. The maximum atomic E-state index is 12.8. The first kappa shape index (κ1) is 18.1. The lowest BCUT2D eigenvalue weighted by molar-refractivity contribution is 0.0416. The third kappa shape index (κ3) is 3.34. The quantitative estimate of drug-likeness (QED) is 0.736. The summed E-state index contributed by atoms with van der Waals surface area (Å²) >= 11 is 0. The topological polar surface area (TPSA) is 86.3 Å². The van der Waals surface area contributed by atoms with Gasteiger partial charge >= 0.3 is 0 Å². The molecule has 0 aliphatic carbocycles. The summed E-state index contributed by atoms with van der Waals surface area (Å²) in [5.41, 5.74) is 1.01. The van der Waals surface area contributed by atoms with Gasteiger partial charge in [0.2, 0.25) is 0 Å². The van der Waals surface area contributed by atoms with E-state index in [1.54, 1.807) is 0 Å². The van der Waals surface area contributed by atoms with E-state index in [-0.39, 0.29) is 12.1 Å². The van der Waals surface area contributed by atoms with Crippen molar-refractivity contribution < 1.29 is 9.90 Å². The molecule has 1 saturated heterocycles. The zero-order chi connectivity index (χ0) is 19.7. The number of benzene rings is 2. The molecule has 1 aromatic heterocycles. The normalized spacial score (nSPS) is 19.0. The fourth-order valence-electron chi connectivity index (χ4n) is 3.61. The number of aliphatic hydroxyl groups is 1. The average molecular weight is 375 g/mol. The molecule has 0 saturated carbocycles. The molecule has 0 spiro atoms. The van der Waals surface area contributed by atoms with E-state index >= 15 is 0 Å². The predicted molar refractivity (Wildman–Crippen MR) is 106 cm³/mol. The van der Waals surface area contributed by atoms with Gasteiger partial charge < -0.3 is 15.0 Å². The molecule has 1 amide bonds. The second-order valence-corrected chi connectivity index (χ2v) is 7.22. The van der Waals surface area contributed by atoms with Gasteiger partial charge in [0, 0.05) is 18.3 Å². The highest BCUT2D eigenvalue weighted by Gasteiger charge is 2.40. The molecule has 0 unspecified atom stereocenters. The van der Waals surface area contributed by atoms with Crippen molar-refractivity contribution in [2.24, 2.45) is 0 Å². The molecule has 0 radical (unpaired) electrons. The largest absolute Gasteiger partial charge is 0.383 e. The van der Waals surface area contributed by atoms with Gasteiger partial charge in [0.05, 0.1) is 6.54 Å². The van der Waals surface area contributed by atoms with E-state index in [1.807, 2.05) is 61.5 Å². The van der Waals surface area contributed by atoms with Gasteiger partial charge in [0.1, 0.15) is 17.0 Å². The van der Waals surface area contributed by atoms with E-state index in [1.165, 1.54) is 11.1 Å². The minimum Gasteiger partial charge on any atom is -0.383 e. The van der Waals surface area contributed by atoms with E-state index in [0.29, 0.717) is 18.8 Å². The summed E-state index contributed by atoms with van der Waals surface area (Å²) < 4.78 is 0. The minimum atomic E-state index is -1.10. The van der Waals surface area contributed by atoms with Crippen LogP contribution in [0.15, 0.2) is 65.6 Å². The van der Waals surface area contributed by atoms with Gasteiger partial charge in [-0.15, -0.1) is 0 Å². The van der Waals surface area contributed by atoms with Crippen LogP contribution in [0.3, 0.4) is 0 Å². The van der Waals surface area contributed by atoms with Crippen LogP contribution in [0.4, 0.5) is 0 Å². The van der Waals surface area contributed by atoms with Crippen LogP contribution in [-0.4, -0.2) is 39.0 Å². The molecule has 3 aromatic rings. The van der Waals surface area contributed by atoms with E-state index in [9.17, 15) is 14.7 Å². The molecule has 2 aromatic carbocycles. The Balaban J connectivity index is 1.57. The third-order valence-corrected chi connectivity index (χ3v) is 5.17. The molecule has 2 heterocycles. The summed E-state index contributed by atoms with van der Waals surface area (Å²) in [7, 11) is 0. The van der Waals surface area contributed by atoms with Gasteiger partial charge in [-0.2, -0.15) is 0 Å². The zero-order valence-electron chi connectivity index (χ0n) is 15.6. The van der Waals surface area contributed by atoms with Crippen LogP contribution in [-0.2, 0) is 5.60 Å². The minimum absolute atomic E-state index is 0.0197. The number of hydrogen-bond acceptors (Lipinski definition) is 4. The highest BCUT2D eigenvalue weighted by Crippen LogP contribution is 2.32. The first-order valence-corrected chi connectivity index (χ1v) is 9.20. The lowest BCUT2D eigenvalue weighted by Gasteiger charge is -2.23. The molecule has 28 heavy (non-hydrogen) atoms. The first-order chi connectivity index (χ1) is 13.5. The maximum Gasteiger partial charge on any atom is 0.264 e. The van der Waals surface area contributed by atoms with E-state index in [4.69, 9.17) is 0 Å². The number of likely N-dealkylation sites (tertiary alicyclic amines) is 1. The highest BCUT2D eigenvalue weighted by molar-refractivity contribution is 5.94. The number of carbonyl (C=O) groups is 1. The number of hydrogen-bond donors (Lipinski definition) is 2. The van der Waals surface area contributed by atoms with Gasteiger partial charge in [0.25, 0.3) is 11.5 Å². The Morgan fingerprint density at radius 2 is 1.96 bits per heavy atom. The number of β-amino-alcohol motifs (C(OH)–C–C–N with tert-alkyl or cyclic N) is 1. The van der Waals surface area contributed by atoms with E-state index in [0.717, 1.165) is 16.7 Å². The van der Waals surface area contributed by atoms with E-state index < -0.39 is 17.1 Å². The van der Waals surface area contributed by atoms with Crippen LogP contribution in [0.25, 0.3) is 11.4 Å². The number of aromatic amines is 1. The van der Waals surface area contributed by atoms with Crippen molar-refractivity contribution >= 4 is 5.91 Å². The molecular formula is C22H21N3O3.